The molecule has 6 nitrogen and oxygen atoms in total. The standard InChI is InChI=1S/C11H20N2O4/c1-7(2)9(11(15)16-3)13-10(14)8-6-12-4-5-17-8/h7-9,12H,4-6H2,1-3H3,(H,13,14). The van der Waals surface area contributed by atoms with Gasteiger partial charge in [0.2, 0.25) is 0 Å². The Labute approximate surface area is 101 Å². The zero-order valence-corrected chi connectivity index (χ0v) is 10.5. The lowest BCUT2D eigenvalue weighted by atomic mass is 10.0. The molecule has 1 heterocycles. The van der Waals surface area contributed by atoms with Crippen LogP contribution in [-0.4, -0.2) is 50.8 Å². The molecule has 0 radical (unpaired) electrons. The van der Waals surface area contributed by atoms with Gasteiger partial charge in [-0.15, -0.1) is 0 Å². The molecule has 1 amide bonds. The highest BCUT2D eigenvalue weighted by atomic mass is 16.5. The lowest BCUT2D eigenvalue weighted by Crippen LogP contribution is -2.53. The quantitative estimate of drug-likeness (QED) is 0.639. The number of carbonyl (C=O) groups is 2. The number of hydrogen-bond donors (Lipinski definition) is 2. The minimum atomic E-state index is -0.627. The summed E-state index contributed by atoms with van der Waals surface area (Å²) in [7, 11) is 1.31. The van der Waals surface area contributed by atoms with E-state index in [9.17, 15) is 9.59 Å². The second kappa shape index (κ2) is 6.56. The van der Waals surface area contributed by atoms with Gasteiger partial charge in [0.1, 0.15) is 12.1 Å². The maximum Gasteiger partial charge on any atom is 0.328 e. The van der Waals surface area contributed by atoms with Crippen LogP contribution < -0.4 is 10.6 Å². The van der Waals surface area contributed by atoms with Gasteiger partial charge < -0.3 is 20.1 Å². The van der Waals surface area contributed by atoms with Crippen molar-refractivity contribution in [3.05, 3.63) is 0 Å². The largest absolute Gasteiger partial charge is 0.467 e. The van der Waals surface area contributed by atoms with Gasteiger partial charge >= 0.3 is 5.97 Å². The smallest absolute Gasteiger partial charge is 0.328 e. The second-order valence-corrected chi connectivity index (χ2v) is 4.32. The van der Waals surface area contributed by atoms with Crippen LogP contribution in [0.15, 0.2) is 0 Å². The summed E-state index contributed by atoms with van der Waals surface area (Å²) in [5.41, 5.74) is 0. The monoisotopic (exact) mass is 244 g/mol. The molecule has 1 rings (SSSR count). The Bertz CT molecular complexity index is 275. The van der Waals surface area contributed by atoms with Crippen molar-refractivity contribution >= 4 is 11.9 Å². The molecule has 0 spiro atoms. The zero-order chi connectivity index (χ0) is 12.8. The Morgan fingerprint density at radius 3 is 2.65 bits per heavy atom. The van der Waals surface area contributed by atoms with Crippen molar-refractivity contribution in [2.45, 2.75) is 26.0 Å². The van der Waals surface area contributed by atoms with Gasteiger partial charge in [-0.25, -0.2) is 4.79 Å². The summed E-state index contributed by atoms with van der Waals surface area (Å²) in [5, 5.41) is 5.72. The highest BCUT2D eigenvalue weighted by molar-refractivity contribution is 5.87. The van der Waals surface area contributed by atoms with Gasteiger partial charge in [0.05, 0.1) is 13.7 Å². The molecule has 2 N–H and O–H groups in total. The van der Waals surface area contributed by atoms with Gasteiger partial charge in [-0.05, 0) is 5.92 Å². The molecule has 17 heavy (non-hydrogen) atoms. The fraction of sp³-hybridized carbons (Fsp3) is 0.818. The van der Waals surface area contributed by atoms with E-state index in [1.807, 2.05) is 13.8 Å². The molecule has 0 aromatic heterocycles. The number of morpholine rings is 1. The van der Waals surface area contributed by atoms with Crippen LogP contribution in [0.4, 0.5) is 0 Å². The summed E-state index contributed by atoms with van der Waals surface area (Å²) < 4.78 is 9.96. The van der Waals surface area contributed by atoms with Gasteiger partial charge in [0.15, 0.2) is 0 Å². The minimum absolute atomic E-state index is 0.0250. The van der Waals surface area contributed by atoms with Crippen LogP contribution in [0.1, 0.15) is 13.8 Å². The molecule has 1 aliphatic heterocycles. The van der Waals surface area contributed by atoms with E-state index in [4.69, 9.17) is 4.74 Å². The Morgan fingerprint density at radius 1 is 1.47 bits per heavy atom. The average molecular weight is 244 g/mol. The minimum Gasteiger partial charge on any atom is -0.467 e. The predicted octanol–water partition coefficient (Wildman–Crippen LogP) is -0.711. The zero-order valence-electron chi connectivity index (χ0n) is 10.5. The van der Waals surface area contributed by atoms with Crippen LogP contribution >= 0.6 is 0 Å². The van der Waals surface area contributed by atoms with Gasteiger partial charge in [0, 0.05) is 13.1 Å². The highest BCUT2D eigenvalue weighted by Gasteiger charge is 2.29. The summed E-state index contributed by atoms with van der Waals surface area (Å²) in [6, 6.07) is -0.627. The summed E-state index contributed by atoms with van der Waals surface area (Å²) in [6.07, 6.45) is -0.533. The molecular weight excluding hydrogens is 224 g/mol. The van der Waals surface area contributed by atoms with Gasteiger partial charge in [-0.2, -0.15) is 0 Å². The molecule has 0 aromatic carbocycles. The Hall–Kier alpha value is -1.14. The lowest BCUT2D eigenvalue weighted by molar-refractivity contribution is -0.148. The van der Waals surface area contributed by atoms with E-state index in [1.54, 1.807) is 0 Å². The molecule has 0 aliphatic carbocycles. The van der Waals surface area contributed by atoms with Crippen molar-refractivity contribution in [3.8, 4) is 0 Å². The topological polar surface area (TPSA) is 76.7 Å². The maximum absolute atomic E-state index is 11.8. The number of amides is 1. The lowest BCUT2D eigenvalue weighted by Gasteiger charge is -2.26. The van der Waals surface area contributed by atoms with E-state index in [0.29, 0.717) is 13.2 Å². The first-order valence-electron chi connectivity index (χ1n) is 5.76. The molecule has 0 aromatic rings. The molecular formula is C11H20N2O4. The number of hydrogen-bond acceptors (Lipinski definition) is 5. The van der Waals surface area contributed by atoms with Crippen molar-refractivity contribution in [1.82, 2.24) is 10.6 Å². The summed E-state index contributed by atoms with van der Waals surface area (Å²) in [6.45, 7) is 5.42. The molecule has 6 heteroatoms. The second-order valence-electron chi connectivity index (χ2n) is 4.32. The van der Waals surface area contributed by atoms with Crippen LogP contribution in [0, 0.1) is 5.92 Å². The number of ether oxygens (including phenoxy) is 2. The predicted molar refractivity (Wildman–Crippen MR) is 61.4 cm³/mol. The highest BCUT2D eigenvalue weighted by Crippen LogP contribution is 2.05. The summed E-state index contributed by atoms with van der Waals surface area (Å²) >= 11 is 0. The molecule has 0 bridgehead atoms. The Kier molecular flexibility index (Phi) is 5.37. The molecule has 1 aliphatic rings. The number of nitrogens with one attached hydrogen (secondary N) is 2. The van der Waals surface area contributed by atoms with E-state index in [0.717, 1.165) is 6.54 Å². The van der Waals surface area contributed by atoms with Crippen molar-refractivity contribution in [1.29, 1.82) is 0 Å². The van der Waals surface area contributed by atoms with Crippen molar-refractivity contribution in [3.63, 3.8) is 0 Å². The Morgan fingerprint density at radius 2 is 2.18 bits per heavy atom. The van der Waals surface area contributed by atoms with Crippen LogP contribution in [0.2, 0.25) is 0 Å². The van der Waals surface area contributed by atoms with Gasteiger partial charge in [0.25, 0.3) is 5.91 Å². The normalized spacial score (nSPS) is 22.0. The maximum atomic E-state index is 11.8. The third-order valence-electron chi connectivity index (χ3n) is 2.64. The fourth-order valence-electron chi connectivity index (χ4n) is 1.60. The van der Waals surface area contributed by atoms with E-state index >= 15 is 0 Å². The third kappa shape index (κ3) is 3.98. The van der Waals surface area contributed by atoms with Crippen LogP contribution in [0.5, 0.6) is 0 Å². The first-order chi connectivity index (χ1) is 8.06. The van der Waals surface area contributed by atoms with Crippen molar-refractivity contribution in [2.24, 2.45) is 5.92 Å². The SMILES string of the molecule is COC(=O)C(NC(=O)C1CNCCO1)C(C)C. The van der Waals surface area contributed by atoms with Crippen molar-refractivity contribution < 1.29 is 19.1 Å². The average Bonchev–Trinajstić information content (AvgIpc) is 2.35. The third-order valence-corrected chi connectivity index (χ3v) is 2.64. The first kappa shape index (κ1) is 13.9. The van der Waals surface area contributed by atoms with Gasteiger partial charge in [-0.3, -0.25) is 4.79 Å². The molecule has 0 saturated carbocycles. The van der Waals surface area contributed by atoms with Crippen LogP contribution in [-0.2, 0) is 19.1 Å². The van der Waals surface area contributed by atoms with Crippen LogP contribution in [0.25, 0.3) is 0 Å². The van der Waals surface area contributed by atoms with Gasteiger partial charge in [-0.1, -0.05) is 13.8 Å². The van der Waals surface area contributed by atoms with Crippen molar-refractivity contribution in [2.75, 3.05) is 26.8 Å². The van der Waals surface area contributed by atoms with E-state index in [2.05, 4.69) is 15.4 Å². The number of esters is 1. The molecule has 1 fully saturated rings. The molecule has 98 valence electrons. The number of methoxy groups -OCH3 is 1. The molecule has 1 saturated heterocycles. The summed E-state index contributed by atoms with van der Waals surface area (Å²) in [5.74, 6) is -0.735. The van der Waals surface area contributed by atoms with E-state index in [-0.39, 0.29) is 11.8 Å². The van der Waals surface area contributed by atoms with E-state index in [1.165, 1.54) is 7.11 Å². The molecule has 2 unspecified atom stereocenters. The first-order valence-corrected chi connectivity index (χ1v) is 5.76. The molecule has 2 atom stereocenters. The Balaban J connectivity index is 2.54. The van der Waals surface area contributed by atoms with E-state index < -0.39 is 18.1 Å². The summed E-state index contributed by atoms with van der Waals surface area (Å²) in [4.78, 5) is 23.3. The van der Waals surface area contributed by atoms with Crippen LogP contribution in [0.3, 0.4) is 0 Å². The number of carbonyl (C=O) groups excluding carboxylic acids is 2. The fourth-order valence-corrected chi connectivity index (χ4v) is 1.60. The number of rotatable bonds is 4.